The SMILES string of the molecule is COc1ccc(-c2nsc(SCC(=O)NC(C)(C)C)n2)cc1. The Hall–Kier alpha value is -1.60. The zero-order chi connectivity index (χ0) is 16.2. The van der Waals surface area contributed by atoms with E-state index in [0.717, 1.165) is 15.7 Å². The molecular formula is C15H19N3O2S2. The van der Waals surface area contributed by atoms with Crippen LogP contribution in [0.3, 0.4) is 0 Å². The number of rotatable bonds is 5. The summed E-state index contributed by atoms with van der Waals surface area (Å²) in [7, 11) is 1.63. The number of aromatic nitrogens is 2. The van der Waals surface area contributed by atoms with Crippen molar-refractivity contribution in [3.63, 3.8) is 0 Å². The van der Waals surface area contributed by atoms with Gasteiger partial charge in [-0.15, -0.1) is 0 Å². The van der Waals surface area contributed by atoms with Gasteiger partial charge in [-0.25, -0.2) is 4.98 Å². The third kappa shape index (κ3) is 4.99. The summed E-state index contributed by atoms with van der Waals surface area (Å²) in [5.41, 5.74) is 0.718. The van der Waals surface area contributed by atoms with Crippen LogP contribution in [0, 0.1) is 0 Å². The molecule has 22 heavy (non-hydrogen) atoms. The average molecular weight is 337 g/mol. The molecule has 7 heteroatoms. The van der Waals surface area contributed by atoms with Gasteiger partial charge in [-0.1, -0.05) is 11.8 Å². The molecule has 1 heterocycles. The fraction of sp³-hybridized carbons (Fsp3) is 0.400. The number of amides is 1. The van der Waals surface area contributed by atoms with Crippen LogP contribution >= 0.6 is 23.3 Å². The van der Waals surface area contributed by atoms with Gasteiger partial charge in [-0.05, 0) is 56.6 Å². The van der Waals surface area contributed by atoms with E-state index < -0.39 is 0 Å². The summed E-state index contributed by atoms with van der Waals surface area (Å²) >= 11 is 2.71. The first-order valence-electron chi connectivity index (χ1n) is 6.79. The van der Waals surface area contributed by atoms with Gasteiger partial charge in [0.15, 0.2) is 10.2 Å². The van der Waals surface area contributed by atoms with Gasteiger partial charge in [0.2, 0.25) is 5.91 Å². The molecule has 0 bridgehead atoms. The molecule has 5 nitrogen and oxygen atoms in total. The molecule has 0 fully saturated rings. The van der Waals surface area contributed by atoms with E-state index in [1.165, 1.54) is 23.3 Å². The van der Waals surface area contributed by atoms with Crippen LogP contribution in [0.2, 0.25) is 0 Å². The molecule has 1 aromatic heterocycles. The van der Waals surface area contributed by atoms with Crippen molar-refractivity contribution in [3.05, 3.63) is 24.3 Å². The average Bonchev–Trinajstić information content (AvgIpc) is 2.92. The summed E-state index contributed by atoms with van der Waals surface area (Å²) in [6.45, 7) is 5.88. The van der Waals surface area contributed by atoms with Crippen LogP contribution in [-0.2, 0) is 4.79 Å². The third-order valence-corrected chi connectivity index (χ3v) is 4.43. The normalized spacial score (nSPS) is 11.3. The zero-order valence-electron chi connectivity index (χ0n) is 13.0. The Balaban J connectivity index is 1.95. The van der Waals surface area contributed by atoms with Gasteiger partial charge in [0.05, 0.1) is 12.9 Å². The van der Waals surface area contributed by atoms with E-state index in [0.29, 0.717) is 11.6 Å². The van der Waals surface area contributed by atoms with Crippen LogP contribution in [0.4, 0.5) is 0 Å². The Kier molecular flexibility index (Phi) is 5.42. The van der Waals surface area contributed by atoms with E-state index in [1.807, 2.05) is 45.0 Å². The molecule has 0 saturated carbocycles. The maximum absolute atomic E-state index is 11.8. The van der Waals surface area contributed by atoms with Gasteiger partial charge in [-0.2, -0.15) is 4.37 Å². The lowest BCUT2D eigenvalue weighted by atomic mass is 10.1. The molecule has 0 aliphatic carbocycles. The van der Waals surface area contributed by atoms with Crippen LogP contribution < -0.4 is 10.1 Å². The summed E-state index contributed by atoms with van der Waals surface area (Å²) < 4.78 is 10.2. The summed E-state index contributed by atoms with van der Waals surface area (Å²) in [4.78, 5) is 16.2. The molecule has 0 saturated heterocycles. The predicted molar refractivity (Wildman–Crippen MR) is 90.5 cm³/mol. The molecule has 0 unspecified atom stereocenters. The van der Waals surface area contributed by atoms with E-state index >= 15 is 0 Å². The van der Waals surface area contributed by atoms with Crippen LogP contribution in [0.15, 0.2) is 28.6 Å². The lowest BCUT2D eigenvalue weighted by Gasteiger charge is -2.19. The number of benzene rings is 1. The molecule has 2 rings (SSSR count). The van der Waals surface area contributed by atoms with Crippen molar-refractivity contribution in [3.8, 4) is 17.1 Å². The number of nitrogens with zero attached hydrogens (tertiary/aromatic N) is 2. The van der Waals surface area contributed by atoms with Gasteiger partial charge in [0, 0.05) is 11.1 Å². The first-order chi connectivity index (χ1) is 10.4. The highest BCUT2D eigenvalue weighted by Gasteiger charge is 2.15. The van der Waals surface area contributed by atoms with Crippen molar-refractivity contribution >= 4 is 29.2 Å². The summed E-state index contributed by atoms with van der Waals surface area (Å²) in [6, 6.07) is 7.59. The standard InChI is InChI=1S/C15H19N3O2S2/c1-15(2,3)17-12(19)9-21-14-16-13(18-22-14)10-5-7-11(20-4)8-6-10/h5-8H,9H2,1-4H3,(H,17,19). The highest BCUT2D eigenvalue weighted by atomic mass is 32.2. The van der Waals surface area contributed by atoms with Crippen LogP contribution in [-0.4, -0.2) is 33.7 Å². The summed E-state index contributed by atoms with van der Waals surface area (Å²) in [5.74, 6) is 1.81. The van der Waals surface area contributed by atoms with Crippen molar-refractivity contribution in [2.75, 3.05) is 12.9 Å². The Labute approximate surface area is 138 Å². The highest BCUT2D eigenvalue weighted by molar-refractivity contribution is 8.01. The smallest absolute Gasteiger partial charge is 0.230 e. The maximum atomic E-state index is 11.8. The minimum Gasteiger partial charge on any atom is -0.497 e. The third-order valence-electron chi connectivity index (χ3n) is 2.60. The van der Waals surface area contributed by atoms with Crippen molar-refractivity contribution in [2.24, 2.45) is 0 Å². The molecule has 0 aliphatic rings. The second kappa shape index (κ2) is 7.11. The summed E-state index contributed by atoms with van der Waals surface area (Å²) in [5, 5.41) is 2.92. The van der Waals surface area contributed by atoms with Gasteiger partial charge in [-0.3, -0.25) is 4.79 Å². The van der Waals surface area contributed by atoms with Crippen molar-refractivity contribution in [1.29, 1.82) is 0 Å². The monoisotopic (exact) mass is 337 g/mol. The molecule has 0 spiro atoms. The number of carbonyl (C=O) groups is 1. The van der Waals surface area contributed by atoms with E-state index in [9.17, 15) is 4.79 Å². The van der Waals surface area contributed by atoms with Crippen molar-refractivity contribution < 1.29 is 9.53 Å². The van der Waals surface area contributed by atoms with Gasteiger partial charge >= 0.3 is 0 Å². The molecular weight excluding hydrogens is 318 g/mol. The fourth-order valence-corrected chi connectivity index (χ4v) is 3.12. The molecule has 118 valence electrons. The first kappa shape index (κ1) is 16.8. The number of nitrogens with one attached hydrogen (secondary N) is 1. The van der Waals surface area contributed by atoms with Crippen LogP contribution in [0.25, 0.3) is 11.4 Å². The zero-order valence-corrected chi connectivity index (χ0v) is 14.7. The lowest BCUT2D eigenvalue weighted by molar-refractivity contribution is -0.119. The molecule has 0 atom stereocenters. The minimum absolute atomic E-state index is 0.00121. The fourth-order valence-electron chi connectivity index (χ4n) is 1.71. The van der Waals surface area contributed by atoms with Gasteiger partial charge in [0.1, 0.15) is 5.75 Å². The van der Waals surface area contributed by atoms with E-state index in [4.69, 9.17) is 4.74 Å². The first-order valence-corrected chi connectivity index (χ1v) is 8.55. The number of ether oxygens (including phenoxy) is 1. The number of thioether (sulfide) groups is 1. The second-order valence-corrected chi connectivity index (χ2v) is 7.67. The number of carbonyl (C=O) groups excluding carboxylic acids is 1. The minimum atomic E-state index is -0.215. The Bertz CT molecular complexity index is 633. The number of hydrogen-bond donors (Lipinski definition) is 1. The van der Waals surface area contributed by atoms with E-state index in [2.05, 4.69) is 14.7 Å². The largest absolute Gasteiger partial charge is 0.497 e. The van der Waals surface area contributed by atoms with Crippen molar-refractivity contribution in [2.45, 2.75) is 30.6 Å². The molecule has 0 radical (unpaired) electrons. The molecule has 1 N–H and O–H groups in total. The number of hydrogen-bond acceptors (Lipinski definition) is 6. The Morgan fingerprint density at radius 1 is 1.32 bits per heavy atom. The van der Waals surface area contributed by atoms with E-state index in [1.54, 1.807) is 7.11 Å². The second-order valence-electron chi connectivity index (χ2n) is 5.70. The van der Waals surface area contributed by atoms with Gasteiger partial charge in [0.25, 0.3) is 0 Å². The predicted octanol–water partition coefficient (Wildman–Crippen LogP) is 3.22. The maximum Gasteiger partial charge on any atom is 0.230 e. The van der Waals surface area contributed by atoms with E-state index in [-0.39, 0.29) is 11.4 Å². The van der Waals surface area contributed by atoms with Gasteiger partial charge < -0.3 is 10.1 Å². The quantitative estimate of drug-likeness (QED) is 0.849. The topological polar surface area (TPSA) is 64.1 Å². The van der Waals surface area contributed by atoms with Crippen LogP contribution in [0.5, 0.6) is 5.75 Å². The van der Waals surface area contributed by atoms with Crippen LogP contribution in [0.1, 0.15) is 20.8 Å². The van der Waals surface area contributed by atoms with Crippen molar-refractivity contribution in [1.82, 2.24) is 14.7 Å². The molecule has 1 amide bonds. The molecule has 1 aromatic carbocycles. The Morgan fingerprint density at radius 2 is 2.00 bits per heavy atom. The summed E-state index contributed by atoms with van der Waals surface area (Å²) in [6.07, 6.45) is 0. The molecule has 2 aromatic rings. The Morgan fingerprint density at radius 3 is 2.59 bits per heavy atom. The lowest BCUT2D eigenvalue weighted by Crippen LogP contribution is -2.41. The molecule has 0 aliphatic heterocycles. The highest BCUT2D eigenvalue weighted by Crippen LogP contribution is 2.26. The number of methoxy groups -OCH3 is 1.